The van der Waals surface area contributed by atoms with Crippen LogP contribution in [0.3, 0.4) is 0 Å². The Kier molecular flexibility index (Phi) is 22.6. The summed E-state index contributed by atoms with van der Waals surface area (Å²) in [6.07, 6.45) is 20.9. The number of carbonyl (C=O) groups is 2. The summed E-state index contributed by atoms with van der Waals surface area (Å²) in [6, 6.07) is 0. The number of rotatable bonds is 13. The number of nitrogens with zero attached hydrogens (tertiary/aromatic N) is 3. The van der Waals surface area contributed by atoms with Gasteiger partial charge in [-0.25, -0.2) is 4.99 Å². The molecule has 206 valence electrons. The molecule has 0 saturated carbocycles. The fourth-order valence-corrected chi connectivity index (χ4v) is 3.41. The van der Waals surface area contributed by atoms with Gasteiger partial charge in [0.15, 0.2) is 0 Å². The maximum absolute atomic E-state index is 12.3. The molecule has 1 aliphatic heterocycles. The second-order valence-electron chi connectivity index (χ2n) is 8.60. The second-order valence-corrected chi connectivity index (χ2v) is 8.60. The fraction of sp³-hybridized carbons (Fsp3) is 0.679. The molecule has 1 rings (SSSR count). The zero-order valence-corrected chi connectivity index (χ0v) is 23.4. The lowest BCUT2D eigenvalue weighted by molar-refractivity contribution is -0.142. The quantitative estimate of drug-likeness (QED) is 0.126. The van der Waals surface area contributed by atoms with Crippen molar-refractivity contribution < 1.29 is 14.3 Å². The van der Waals surface area contributed by atoms with Gasteiger partial charge in [-0.3, -0.25) is 14.5 Å². The van der Waals surface area contributed by atoms with Crippen LogP contribution in [0.4, 0.5) is 0 Å². The molecular formula is C28H51N5O3. The molecule has 36 heavy (non-hydrogen) atoms. The van der Waals surface area contributed by atoms with Crippen LogP contribution in [0.2, 0.25) is 0 Å². The Balaban J connectivity index is 0.000000846. The maximum atomic E-state index is 12.3. The molecule has 0 atom stereocenters. The summed E-state index contributed by atoms with van der Waals surface area (Å²) in [6.45, 7) is 12.9. The molecule has 0 aromatic carbocycles. The number of amidine groups is 1. The number of nitrogens with one attached hydrogen (secondary N) is 2. The van der Waals surface area contributed by atoms with Crippen molar-refractivity contribution in [3.8, 4) is 0 Å². The zero-order chi connectivity index (χ0) is 26.9. The Morgan fingerprint density at radius 2 is 1.78 bits per heavy atom. The third kappa shape index (κ3) is 17.9. The smallest absolute Gasteiger partial charge is 0.317 e. The maximum Gasteiger partial charge on any atom is 0.317 e. The van der Waals surface area contributed by atoms with E-state index in [4.69, 9.17) is 4.74 Å². The monoisotopic (exact) mass is 505 g/mol. The summed E-state index contributed by atoms with van der Waals surface area (Å²) < 4.78 is 5.38. The predicted molar refractivity (Wildman–Crippen MR) is 151 cm³/mol. The highest BCUT2D eigenvalue weighted by Gasteiger charge is 2.22. The minimum absolute atomic E-state index is 0.175. The molecule has 8 nitrogen and oxygen atoms in total. The van der Waals surface area contributed by atoms with E-state index in [1.807, 2.05) is 19.1 Å². The number of ether oxygens (including phenoxy) is 1. The molecule has 0 unspecified atom stereocenters. The molecule has 8 heteroatoms. The first-order valence-electron chi connectivity index (χ1n) is 13.5. The molecule has 2 amide bonds. The lowest BCUT2D eigenvalue weighted by Gasteiger charge is -2.20. The topological polar surface area (TPSA) is 86.3 Å². The van der Waals surface area contributed by atoms with E-state index in [9.17, 15) is 9.59 Å². The highest BCUT2D eigenvalue weighted by Crippen LogP contribution is 2.09. The van der Waals surface area contributed by atoms with Crippen LogP contribution >= 0.6 is 0 Å². The predicted octanol–water partition coefficient (Wildman–Crippen LogP) is 4.61. The summed E-state index contributed by atoms with van der Waals surface area (Å²) >= 11 is 0. The van der Waals surface area contributed by atoms with Gasteiger partial charge in [-0.2, -0.15) is 0 Å². The number of hydrogen-bond donors (Lipinski definition) is 2. The average molecular weight is 506 g/mol. The Morgan fingerprint density at radius 1 is 1.06 bits per heavy atom. The van der Waals surface area contributed by atoms with E-state index in [0.717, 1.165) is 19.3 Å². The van der Waals surface area contributed by atoms with Crippen molar-refractivity contribution in [2.45, 2.75) is 79.1 Å². The van der Waals surface area contributed by atoms with E-state index in [0.29, 0.717) is 19.0 Å². The number of hydrogen-bond acceptors (Lipinski definition) is 6. The molecule has 0 aromatic rings. The van der Waals surface area contributed by atoms with Crippen molar-refractivity contribution in [2.24, 2.45) is 4.99 Å². The van der Waals surface area contributed by atoms with E-state index in [1.54, 1.807) is 14.0 Å². The van der Waals surface area contributed by atoms with Crippen molar-refractivity contribution in [3.05, 3.63) is 36.7 Å². The molecule has 1 saturated heterocycles. The lowest BCUT2D eigenvalue weighted by Crippen LogP contribution is -2.44. The van der Waals surface area contributed by atoms with E-state index >= 15 is 0 Å². The van der Waals surface area contributed by atoms with Crippen LogP contribution in [0.25, 0.3) is 0 Å². The molecule has 2 N–H and O–H groups in total. The minimum atomic E-state index is -0.715. The van der Waals surface area contributed by atoms with Gasteiger partial charge in [0.1, 0.15) is 12.6 Å². The average Bonchev–Trinajstić information content (AvgIpc) is 3.15. The normalized spacial score (nSPS) is 15.1. The molecule has 1 fully saturated rings. The molecule has 1 aliphatic rings. The summed E-state index contributed by atoms with van der Waals surface area (Å²) in [4.78, 5) is 32.4. The zero-order valence-electron chi connectivity index (χ0n) is 23.4. The molecule has 0 radical (unpaired) electrons. The van der Waals surface area contributed by atoms with Crippen LogP contribution in [0.5, 0.6) is 0 Å². The number of likely N-dealkylation sites (tertiary alicyclic amines) is 1. The van der Waals surface area contributed by atoms with E-state index < -0.39 is 11.8 Å². The number of carbonyl (C=O) groups excluding carboxylic acids is 2. The summed E-state index contributed by atoms with van der Waals surface area (Å²) in [5.41, 5.74) is 0. The van der Waals surface area contributed by atoms with Crippen LogP contribution in [0.1, 0.15) is 79.1 Å². The number of allylic oxidation sites excluding steroid dienone is 2. The van der Waals surface area contributed by atoms with Gasteiger partial charge in [0.2, 0.25) is 0 Å². The first-order chi connectivity index (χ1) is 17.5. The Bertz CT molecular complexity index is 681. The minimum Gasteiger partial charge on any atom is -0.393 e. The SMILES string of the molecule is C/C=C\CCN1CCCCCC1.CC/C=C/CN(C(=O)C(=O)N/C=C/NC)/C(C)=N/COCCCC. The van der Waals surface area contributed by atoms with Gasteiger partial charge in [0.25, 0.3) is 0 Å². The Hall–Kier alpha value is -2.45. The van der Waals surface area contributed by atoms with E-state index in [1.165, 1.54) is 69.0 Å². The number of amides is 2. The van der Waals surface area contributed by atoms with Crippen LogP contribution in [-0.2, 0) is 14.3 Å². The van der Waals surface area contributed by atoms with Crippen LogP contribution in [0, 0.1) is 0 Å². The van der Waals surface area contributed by atoms with Gasteiger partial charge >= 0.3 is 11.8 Å². The van der Waals surface area contributed by atoms with Gasteiger partial charge in [-0.05, 0) is 59.0 Å². The van der Waals surface area contributed by atoms with Gasteiger partial charge < -0.3 is 20.3 Å². The number of unbranched alkanes of at least 4 members (excludes halogenated alkanes) is 1. The van der Waals surface area contributed by atoms with Crippen molar-refractivity contribution in [1.82, 2.24) is 20.4 Å². The standard InChI is InChI=1S/C17H30N4O3.C11H21N/c1-5-7-9-12-21(15(3)20-14-24-13-8-6-2)17(23)16(22)19-11-10-18-4;1-2-3-6-9-12-10-7-4-5-8-11-12/h7,9-11,18H,5-6,8,12-14H2,1-4H3,(H,19,22);2-3H,4-11H2,1H3/b9-7+,11-10+,20-15+;3-2-. The van der Waals surface area contributed by atoms with E-state index in [2.05, 4.69) is 46.5 Å². The van der Waals surface area contributed by atoms with Crippen LogP contribution in [0.15, 0.2) is 41.7 Å². The fourth-order valence-electron chi connectivity index (χ4n) is 3.41. The molecule has 0 aliphatic carbocycles. The molecule has 0 bridgehead atoms. The van der Waals surface area contributed by atoms with Crippen LogP contribution in [-0.4, -0.2) is 74.0 Å². The first kappa shape index (κ1) is 33.5. The summed E-state index contributed by atoms with van der Waals surface area (Å²) in [7, 11) is 1.70. The largest absolute Gasteiger partial charge is 0.393 e. The molecular weight excluding hydrogens is 454 g/mol. The van der Waals surface area contributed by atoms with Crippen molar-refractivity contribution in [1.29, 1.82) is 0 Å². The highest BCUT2D eigenvalue weighted by atomic mass is 16.5. The first-order valence-corrected chi connectivity index (χ1v) is 13.5. The van der Waals surface area contributed by atoms with Gasteiger partial charge in [0.05, 0.1) is 0 Å². The summed E-state index contributed by atoms with van der Waals surface area (Å²) in [5, 5.41) is 5.14. The Labute approximate surface area is 219 Å². The van der Waals surface area contributed by atoms with Crippen molar-refractivity contribution in [3.63, 3.8) is 0 Å². The third-order valence-electron chi connectivity index (χ3n) is 5.56. The lowest BCUT2D eigenvalue weighted by atomic mass is 10.2. The van der Waals surface area contributed by atoms with Crippen molar-refractivity contribution in [2.75, 3.05) is 46.6 Å². The van der Waals surface area contributed by atoms with Crippen molar-refractivity contribution >= 4 is 17.6 Å². The molecule has 0 spiro atoms. The molecule has 0 aromatic heterocycles. The van der Waals surface area contributed by atoms with Gasteiger partial charge in [-0.15, -0.1) is 0 Å². The Morgan fingerprint density at radius 3 is 2.39 bits per heavy atom. The van der Waals surface area contributed by atoms with Gasteiger partial charge in [0, 0.05) is 39.1 Å². The number of aliphatic imine (C=N–C) groups is 1. The van der Waals surface area contributed by atoms with Gasteiger partial charge in [-0.1, -0.05) is 57.4 Å². The molecule has 1 heterocycles. The van der Waals surface area contributed by atoms with E-state index in [-0.39, 0.29) is 6.73 Å². The third-order valence-corrected chi connectivity index (χ3v) is 5.56. The second kappa shape index (κ2) is 24.3. The highest BCUT2D eigenvalue weighted by molar-refractivity contribution is 6.38. The van der Waals surface area contributed by atoms with Crippen LogP contribution < -0.4 is 10.6 Å². The summed E-state index contributed by atoms with van der Waals surface area (Å²) in [5.74, 6) is -0.927.